The second-order valence-electron chi connectivity index (χ2n) is 5.44. The van der Waals surface area contributed by atoms with Gasteiger partial charge in [-0.25, -0.2) is 0 Å². The highest BCUT2D eigenvalue weighted by atomic mass is 16.5. The Morgan fingerprint density at radius 1 is 0.952 bits per heavy atom. The molecule has 1 heterocycles. The Kier molecular flexibility index (Phi) is 11.4. The molecule has 1 saturated heterocycles. The number of rotatable bonds is 12. The number of hydrogen-bond acceptors (Lipinski definition) is 5. The zero-order valence-electron chi connectivity index (χ0n) is 13.4. The van der Waals surface area contributed by atoms with Crippen molar-refractivity contribution in [1.82, 2.24) is 4.90 Å². The molecule has 122 valence electrons. The summed E-state index contributed by atoms with van der Waals surface area (Å²) in [5, 5.41) is 8.84. The third-order valence-corrected chi connectivity index (χ3v) is 3.71. The van der Waals surface area contributed by atoms with Gasteiger partial charge in [0.15, 0.2) is 0 Å². The molecule has 0 unspecified atom stereocenters. The highest BCUT2D eigenvalue weighted by Crippen LogP contribution is 2.15. The molecule has 1 aliphatic rings. The fraction of sp³-hybridized carbons (Fsp3) is 0.938. The zero-order valence-corrected chi connectivity index (χ0v) is 13.4. The number of nitrogens with zero attached hydrogens (tertiary/aromatic N) is 2. The van der Waals surface area contributed by atoms with Crippen molar-refractivity contribution in [2.45, 2.75) is 32.6 Å². The molecule has 0 amide bonds. The molecule has 0 N–H and O–H groups in total. The SMILES string of the molecule is CCCCOCCOCCOCCN1CCC(C#N)CC1. The quantitative estimate of drug-likeness (QED) is 0.516. The number of hydrogen-bond donors (Lipinski definition) is 0. The lowest BCUT2D eigenvalue weighted by Crippen LogP contribution is -2.35. The number of nitriles is 1. The fourth-order valence-electron chi connectivity index (χ4n) is 2.27. The third kappa shape index (κ3) is 9.81. The van der Waals surface area contributed by atoms with Crippen LogP contribution in [0.5, 0.6) is 0 Å². The summed E-state index contributed by atoms with van der Waals surface area (Å²) in [6.07, 6.45) is 4.28. The summed E-state index contributed by atoms with van der Waals surface area (Å²) in [5.74, 6) is 0.259. The summed E-state index contributed by atoms with van der Waals surface area (Å²) in [7, 11) is 0. The van der Waals surface area contributed by atoms with Crippen molar-refractivity contribution < 1.29 is 14.2 Å². The standard InChI is InChI=1S/C16H30N2O3/c1-2-3-9-19-11-13-21-14-12-20-10-8-18-6-4-16(15-17)5-7-18/h16H,2-14H2,1H3. The third-order valence-electron chi connectivity index (χ3n) is 3.71. The van der Waals surface area contributed by atoms with Gasteiger partial charge in [-0.15, -0.1) is 0 Å². The topological polar surface area (TPSA) is 54.7 Å². The average Bonchev–Trinajstić information content (AvgIpc) is 2.53. The molecule has 0 spiro atoms. The molecule has 0 saturated carbocycles. The van der Waals surface area contributed by atoms with E-state index < -0.39 is 0 Å². The van der Waals surface area contributed by atoms with E-state index in [0.717, 1.165) is 52.1 Å². The van der Waals surface area contributed by atoms with Crippen LogP contribution in [0.15, 0.2) is 0 Å². The molecule has 5 heteroatoms. The molecular weight excluding hydrogens is 268 g/mol. The minimum atomic E-state index is 0.259. The molecule has 21 heavy (non-hydrogen) atoms. The maximum atomic E-state index is 8.84. The van der Waals surface area contributed by atoms with E-state index in [1.807, 2.05) is 0 Å². The highest BCUT2D eigenvalue weighted by Gasteiger charge is 2.17. The predicted molar refractivity (Wildman–Crippen MR) is 82.1 cm³/mol. The van der Waals surface area contributed by atoms with E-state index in [1.165, 1.54) is 6.42 Å². The van der Waals surface area contributed by atoms with Gasteiger partial charge in [0.1, 0.15) is 0 Å². The lowest BCUT2D eigenvalue weighted by molar-refractivity contribution is 0.00898. The minimum Gasteiger partial charge on any atom is -0.379 e. The molecule has 0 radical (unpaired) electrons. The molecule has 1 aliphatic heterocycles. The molecule has 0 aromatic carbocycles. The monoisotopic (exact) mass is 298 g/mol. The van der Waals surface area contributed by atoms with E-state index in [-0.39, 0.29) is 5.92 Å². The first-order chi connectivity index (χ1) is 10.4. The predicted octanol–water partition coefficient (Wildman–Crippen LogP) is 2.07. The van der Waals surface area contributed by atoms with Crippen LogP contribution in [0.4, 0.5) is 0 Å². The van der Waals surface area contributed by atoms with Gasteiger partial charge in [0, 0.05) is 19.1 Å². The highest BCUT2D eigenvalue weighted by molar-refractivity contribution is 4.87. The van der Waals surface area contributed by atoms with Crippen LogP contribution in [0.2, 0.25) is 0 Å². The Balaban J connectivity index is 1.78. The maximum absolute atomic E-state index is 8.84. The van der Waals surface area contributed by atoms with Crippen molar-refractivity contribution in [3.63, 3.8) is 0 Å². The van der Waals surface area contributed by atoms with Gasteiger partial charge in [-0.1, -0.05) is 13.3 Å². The summed E-state index contributed by atoms with van der Waals surface area (Å²) in [5.41, 5.74) is 0. The van der Waals surface area contributed by atoms with E-state index in [4.69, 9.17) is 19.5 Å². The van der Waals surface area contributed by atoms with Crippen LogP contribution < -0.4 is 0 Å². The van der Waals surface area contributed by atoms with Crippen molar-refractivity contribution in [2.75, 3.05) is 59.3 Å². The van der Waals surface area contributed by atoms with Crippen molar-refractivity contribution >= 4 is 0 Å². The van der Waals surface area contributed by atoms with Gasteiger partial charge >= 0.3 is 0 Å². The maximum Gasteiger partial charge on any atom is 0.0701 e. The molecule has 0 bridgehead atoms. The second kappa shape index (κ2) is 13.0. The van der Waals surface area contributed by atoms with Crippen molar-refractivity contribution in [3.8, 4) is 6.07 Å². The molecular formula is C16H30N2O3. The van der Waals surface area contributed by atoms with E-state index in [2.05, 4.69) is 17.9 Å². The van der Waals surface area contributed by atoms with E-state index >= 15 is 0 Å². The van der Waals surface area contributed by atoms with Crippen molar-refractivity contribution in [3.05, 3.63) is 0 Å². The van der Waals surface area contributed by atoms with E-state index in [9.17, 15) is 0 Å². The van der Waals surface area contributed by atoms with Crippen LogP contribution in [-0.4, -0.2) is 64.2 Å². The lowest BCUT2D eigenvalue weighted by atomic mass is 9.99. The Morgan fingerprint density at radius 2 is 1.52 bits per heavy atom. The smallest absolute Gasteiger partial charge is 0.0701 e. The van der Waals surface area contributed by atoms with Gasteiger partial charge in [-0.2, -0.15) is 5.26 Å². The Labute approximate surface area is 129 Å². The molecule has 1 fully saturated rings. The van der Waals surface area contributed by atoms with Crippen LogP contribution in [0.3, 0.4) is 0 Å². The van der Waals surface area contributed by atoms with Gasteiger partial charge in [0.2, 0.25) is 0 Å². The van der Waals surface area contributed by atoms with E-state index in [0.29, 0.717) is 26.4 Å². The number of piperidine rings is 1. The lowest BCUT2D eigenvalue weighted by Gasteiger charge is -2.28. The van der Waals surface area contributed by atoms with Gasteiger partial charge in [0.05, 0.1) is 39.1 Å². The largest absolute Gasteiger partial charge is 0.379 e. The fourth-order valence-corrected chi connectivity index (χ4v) is 2.27. The van der Waals surface area contributed by atoms with Crippen molar-refractivity contribution in [2.24, 2.45) is 5.92 Å². The van der Waals surface area contributed by atoms with Crippen LogP contribution in [-0.2, 0) is 14.2 Å². The molecule has 0 aliphatic carbocycles. The van der Waals surface area contributed by atoms with Gasteiger partial charge in [-0.3, -0.25) is 0 Å². The van der Waals surface area contributed by atoms with Gasteiger partial charge in [0.25, 0.3) is 0 Å². The van der Waals surface area contributed by atoms with Crippen LogP contribution >= 0.6 is 0 Å². The number of likely N-dealkylation sites (tertiary alicyclic amines) is 1. The number of unbranched alkanes of at least 4 members (excludes halogenated alkanes) is 1. The minimum absolute atomic E-state index is 0.259. The van der Waals surface area contributed by atoms with Crippen LogP contribution in [0.1, 0.15) is 32.6 Å². The first-order valence-corrected chi connectivity index (χ1v) is 8.22. The Hall–Kier alpha value is -0.670. The molecule has 1 rings (SSSR count). The normalized spacial score (nSPS) is 17.0. The average molecular weight is 298 g/mol. The molecule has 0 aromatic rings. The second-order valence-corrected chi connectivity index (χ2v) is 5.44. The zero-order chi connectivity index (χ0) is 15.2. The first-order valence-electron chi connectivity index (χ1n) is 8.22. The Morgan fingerprint density at radius 3 is 2.10 bits per heavy atom. The van der Waals surface area contributed by atoms with Gasteiger partial charge < -0.3 is 19.1 Å². The van der Waals surface area contributed by atoms with Crippen molar-refractivity contribution in [1.29, 1.82) is 5.26 Å². The first kappa shape index (κ1) is 18.4. The number of ether oxygens (including phenoxy) is 3. The van der Waals surface area contributed by atoms with Crippen LogP contribution in [0, 0.1) is 17.2 Å². The molecule has 0 atom stereocenters. The summed E-state index contributed by atoms with van der Waals surface area (Å²) < 4.78 is 16.4. The summed E-state index contributed by atoms with van der Waals surface area (Å²) in [4.78, 5) is 2.37. The van der Waals surface area contributed by atoms with Gasteiger partial charge in [-0.05, 0) is 32.4 Å². The summed E-state index contributed by atoms with van der Waals surface area (Å²) in [6.45, 7) is 9.33. The summed E-state index contributed by atoms with van der Waals surface area (Å²) >= 11 is 0. The summed E-state index contributed by atoms with van der Waals surface area (Å²) in [6, 6.07) is 2.35. The van der Waals surface area contributed by atoms with E-state index in [1.54, 1.807) is 0 Å². The molecule has 5 nitrogen and oxygen atoms in total. The molecule has 0 aromatic heterocycles. The Bertz CT molecular complexity index is 273. The van der Waals surface area contributed by atoms with Crippen LogP contribution in [0.25, 0.3) is 0 Å².